The molecule has 3 saturated carbocycles. The molecule has 21 heavy (non-hydrogen) atoms. The third-order valence-electron chi connectivity index (χ3n) is 7.26. The Morgan fingerprint density at radius 1 is 1.05 bits per heavy atom. The van der Waals surface area contributed by atoms with Crippen LogP contribution in [0.4, 0.5) is 0 Å². The predicted octanol–water partition coefficient (Wildman–Crippen LogP) is 4.15. The number of aliphatic hydroxyl groups is 1. The van der Waals surface area contributed by atoms with Crippen molar-refractivity contribution in [2.75, 3.05) is 0 Å². The minimum atomic E-state index is -0.0282. The van der Waals surface area contributed by atoms with Crippen molar-refractivity contribution in [1.82, 2.24) is 0 Å². The van der Waals surface area contributed by atoms with Gasteiger partial charge in [0, 0.05) is 0 Å². The Morgan fingerprint density at radius 2 is 1.81 bits per heavy atom. The first-order valence-corrected chi connectivity index (χ1v) is 9.09. The van der Waals surface area contributed by atoms with Gasteiger partial charge in [-0.1, -0.05) is 24.3 Å². The van der Waals surface area contributed by atoms with E-state index in [1.807, 2.05) is 0 Å². The van der Waals surface area contributed by atoms with E-state index in [1.54, 1.807) is 0 Å². The Hall–Kier alpha value is -0.820. The zero-order valence-corrected chi connectivity index (χ0v) is 12.7. The van der Waals surface area contributed by atoms with Crippen LogP contribution in [0.3, 0.4) is 0 Å². The predicted molar refractivity (Wildman–Crippen MR) is 84.0 cm³/mol. The Morgan fingerprint density at radius 3 is 2.62 bits per heavy atom. The second-order valence-electron chi connectivity index (χ2n) is 8.16. The molecule has 4 aliphatic carbocycles. The van der Waals surface area contributed by atoms with Crippen molar-refractivity contribution < 1.29 is 5.11 Å². The molecule has 0 heterocycles. The number of fused-ring (bicyclic) bond motifs is 6. The number of benzene rings is 1. The minimum absolute atomic E-state index is 0.0282. The van der Waals surface area contributed by atoms with Crippen molar-refractivity contribution in [2.24, 2.45) is 29.6 Å². The van der Waals surface area contributed by atoms with Crippen LogP contribution in [0.1, 0.15) is 55.6 Å². The van der Waals surface area contributed by atoms with Crippen molar-refractivity contribution in [3.63, 3.8) is 0 Å². The van der Waals surface area contributed by atoms with Crippen molar-refractivity contribution >= 4 is 0 Å². The molecule has 3 fully saturated rings. The van der Waals surface area contributed by atoms with E-state index in [0.717, 1.165) is 30.1 Å². The summed E-state index contributed by atoms with van der Waals surface area (Å²) in [4.78, 5) is 0. The quantitative estimate of drug-likeness (QED) is 0.883. The van der Waals surface area contributed by atoms with E-state index in [1.165, 1.54) is 49.7 Å². The van der Waals surface area contributed by atoms with Gasteiger partial charge in [0.15, 0.2) is 0 Å². The van der Waals surface area contributed by atoms with Gasteiger partial charge in [0.1, 0.15) is 0 Å². The molecule has 0 aromatic heterocycles. The van der Waals surface area contributed by atoms with Gasteiger partial charge in [0.05, 0.1) is 6.10 Å². The number of aliphatic hydroxyl groups excluding tert-OH is 1. The molecular formula is C20H26O. The van der Waals surface area contributed by atoms with E-state index >= 15 is 0 Å². The molecule has 0 spiro atoms. The van der Waals surface area contributed by atoms with Crippen LogP contribution >= 0.6 is 0 Å². The van der Waals surface area contributed by atoms with Crippen molar-refractivity contribution in [2.45, 2.75) is 57.0 Å². The van der Waals surface area contributed by atoms with Gasteiger partial charge in [-0.05, 0) is 91.6 Å². The molecule has 0 saturated heterocycles. The molecule has 1 aromatic rings. The Labute approximate surface area is 127 Å². The Balaban J connectivity index is 1.31. The molecule has 1 heteroatoms. The second-order valence-corrected chi connectivity index (χ2v) is 8.16. The summed E-state index contributed by atoms with van der Waals surface area (Å²) in [5.74, 6) is 5.08. The van der Waals surface area contributed by atoms with Gasteiger partial charge in [0.25, 0.3) is 0 Å². The molecule has 1 N–H and O–H groups in total. The molecule has 0 amide bonds. The monoisotopic (exact) mass is 282 g/mol. The minimum Gasteiger partial charge on any atom is -0.393 e. The highest BCUT2D eigenvalue weighted by Gasteiger charge is 2.66. The Bertz CT molecular complexity index is 535. The summed E-state index contributed by atoms with van der Waals surface area (Å²) in [6, 6.07) is 8.94. The third kappa shape index (κ3) is 1.86. The lowest BCUT2D eigenvalue weighted by Gasteiger charge is -2.28. The third-order valence-corrected chi connectivity index (χ3v) is 7.26. The second kappa shape index (κ2) is 4.59. The first-order chi connectivity index (χ1) is 10.3. The highest BCUT2D eigenvalue weighted by molar-refractivity contribution is 5.32. The fraction of sp³-hybridized carbons (Fsp3) is 0.700. The maximum atomic E-state index is 10.8. The molecule has 6 unspecified atom stereocenters. The summed E-state index contributed by atoms with van der Waals surface area (Å²) in [6.45, 7) is 0. The fourth-order valence-corrected chi connectivity index (χ4v) is 6.45. The number of aryl methyl sites for hydroxylation is 1. The maximum absolute atomic E-state index is 10.8. The van der Waals surface area contributed by atoms with Crippen LogP contribution in [0.2, 0.25) is 0 Å². The Kier molecular flexibility index (Phi) is 2.77. The van der Waals surface area contributed by atoms with Gasteiger partial charge in [-0.3, -0.25) is 0 Å². The normalized spacial score (nSPS) is 44.2. The van der Waals surface area contributed by atoms with Crippen LogP contribution in [0.25, 0.3) is 0 Å². The van der Waals surface area contributed by atoms with Gasteiger partial charge in [-0.2, -0.15) is 0 Å². The first kappa shape index (κ1) is 12.7. The summed E-state index contributed by atoms with van der Waals surface area (Å²) < 4.78 is 0. The van der Waals surface area contributed by atoms with Crippen LogP contribution in [0.15, 0.2) is 24.3 Å². The highest BCUT2D eigenvalue weighted by Crippen LogP contribution is 2.70. The van der Waals surface area contributed by atoms with Crippen LogP contribution < -0.4 is 0 Å². The van der Waals surface area contributed by atoms with E-state index in [9.17, 15) is 5.11 Å². The summed E-state index contributed by atoms with van der Waals surface area (Å²) in [6.07, 6.45) is 9.23. The first-order valence-electron chi connectivity index (χ1n) is 9.09. The summed E-state index contributed by atoms with van der Waals surface area (Å²) in [5, 5.41) is 10.8. The van der Waals surface area contributed by atoms with Crippen molar-refractivity contribution in [3.8, 4) is 0 Å². The molecule has 1 nitrogen and oxygen atoms in total. The maximum Gasteiger partial charge on any atom is 0.0579 e. The smallest absolute Gasteiger partial charge is 0.0579 e. The lowest BCUT2D eigenvalue weighted by Crippen LogP contribution is -2.21. The van der Waals surface area contributed by atoms with E-state index < -0.39 is 0 Å². The van der Waals surface area contributed by atoms with Crippen LogP contribution in [-0.2, 0) is 6.42 Å². The van der Waals surface area contributed by atoms with E-state index in [0.29, 0.717) is 11.8 Å². The lowest BCUT2D eigenvalue weighted by molar-refractivity contribution is 0.109. The topological polar surface area (TPSA) is 20.2 Å². The largest absolute Gasteiger partial charge is 0.393 e. The average molecular weight is 282 g/mol. The number of hydrogen-bond acceptors (Lipinski definition) is 1. The molecule has 4 aliphatic rings. The van der Waals surface area contributed by atoms with Gasteiger partial charge in [-0.25, -0.2) is 0 Å². The van der Waals surface area contributed by atoms with Crippen LogP contribution in [0.5, 0.6) is 0 Å². The fourth-order valence-electron chi connectivity index (χ4n) is 6.45. The summed E-state index contributed by atoms with van der Waals surface area (Å²) in [7, 11) is 0. The zero-order valence-electron chi connectivity index (χ0n) is 12.7. The van der Waals surface area contributed by atoms with Gasteiger partial charge >= 0.3 is 0 Å². The molecule has 5 rings (SSSR count). The summed E-state index contributed by atoms with van der Waals surface area (Å²) >= 11 is 0. The number of hydrogen-bond donors (Lipinski definition) is 1. The standard InChI is InChI=1S/C20H26O/c21-17(20-18-14-8-9-15(10-14)19(18)20)11-13-6-3-5-12-4-1-2-7-16(12)13/h1-2,4,7,13-15,17-21H,3,5-6,8-11H2. The average Bonchev–Trinajstić information content (AvgIpc) is 2.96. The van der Waals surface area contributed by atoms with Crippen LogP contribution in [0, 0.1) is 29.6 Å². The lowest BCUT2D eigenvalue weighted by atomic mass is 9.79. The zero-order chi connectivity index (χ0) is 14.0. The number of rotatable bonds is 3. The van der Waals surface area contributed by atoms with Crippen molar-refractivity contribution in [3.05, 3.63) is 35.4 Å². The summed E-state index contributed by atoms with van der Waals surface area (Å²) in [5.41, 5.74) is 3.08. The van der Waals surface area contributed by atoms with Gasteiger partial charge in [-0.15, -0.1) is 0 Å². The molecule has 112 valence electrons. The van der Waals surface area contributed by atoms with E-state index in [-0.39, 0.29) is 6.10 Å². The van der Waals surface area contributed by atoms with Gasteiger partial charge < -0.3 is 5.11 Å². The molecular weight excluding hydrogens is 256 g/mol. The molecule has 2 bridgehead atoms. The van der Waals surface area contributed by atoms with Crippen LogP contribution in [-0.4, -0.2) is 11.2 Å². The SMILES string of the molecule is OC(CC1CCCc2ccccc21)C1C2C3CCC(C3)C12. The van der Waals surface area contributed by atoms with Gasteiger partial charge in [0.2, 0.25) is 0 Å². The van der Waals surface area contributed by atoms with E-state index in [2.05, 4.69) is 24.3 Å². The molecule has 0 radical (unpaired) electrons. The van der Waals surface area contributed by atoms with Crippen molar-refractivity contribution in [1.29, 1.82) is 0 Å². The van der Waals surface area contributed by atoms with E-state index in [4.69, 9.17) is 0 Å². The molecule has 1 aromatic carbocycles. The molecule has 0 aliphatic heterocycles. The highest BCUT2D eigenvalue weighted by atomic mass is 16.3. The molecule has 6 atom stereocenters.